The number of nitrogens with zero attached hydrogens (tertiary/aromatic N) is 2. The molecule has 0 saturated carbocycles. The lowest BCUT2D eigenvalue weighted by molar-refractivity contribution is -0.131. The molecule has 1 amide bonds. The van der Waals surface area contributed by atoms with Crippen LogP contribution in [-0.4, -0.2) is 62.7 Å². The number of carbonyl (C=O) groups excluding carboxylic acids is 1. The van der Waals surface area contributed by atoms with Crippen molar-refractivity contribution in [2.45, 2.75) is 32.1 Å². The van der Waals surface area contributed by atoms with E-state index < -0.39 is 0 Å². The summed E-state index contributed by atoms with van der Waals surface area (Å²) in [7, 11) is 3.30. The van der Waals surface area contributed by atoms with E-state index in [2.05, 4.69) is 26.6 Å². The molecule has 170 valence electrons. The molecule has 31 heavy (non-hydrogen) atoms. The number of piperidine rings is 1. The summed E-state index contributed by atoms with van der Waals surface area (Å²) in [6.07, 6.45) is 4.89. The number of fused-ring (bicyclic) bond motifs is 1. The quantitative estimate of drug-likeness (QED) is 0.619. The zero-order valence-corrected chi connectivity index (χ0v) is 20.1. The fraction of sp³-hybridized carbons (Fsp3) is 0.542. The van der Waals surface area contributed by atoms with Gasteiger partial charge in [-0.15, -0.1) is 12.4 Å². The first-order chi connectivity index (χ1) is 14.7. The van der Waals surface area contributed by atoms with E-state index in [1.165, 1.54) is 30.5 Å². The normalized spacial score (nSPS) is 19.4. The number of hydrogen-bond acceptors (Lipinski definition) is 5. The number of carbonyl (C=O) groups is 1. The fourth-order valence-electron chi connectivity index (χ4n) is 4.75. The Balaban J connectivity index is 0.00000272. The van der Waals surface area contributed by atoms with E-state index in [0.29, 0.717) is 18.1 Å². The smallest absolute Gasteiger partial charge is 0.227 e. The predicted molar refractivity (Wildman–Crippen MR) is 128 cm³/mol. The average Bonchev–Trinajstić information content (AvgIpc) is 3.24. The van der Waals surface area contributed by atoms with Crippen molar-refractivity contribution < 1.29 is 14.3 Å². The molecule has 0 N–H and O–H groups in total. The summed E-state index contributed by atoms with van der Waals surface area (Å²) in [5.74, 6) is 2.24. The maximum absolute atomic E-state index is 13.0. The minimum Gasteiger partial charge on any atom is -0.493 e. The van der Waals surface area contributed by atoms with Crippen LogP contribution in [0.4, 0.5) is 0 Å². The van der Waals surface area contributed by atoms with E-state index >= 15 is 0 Å². The van der Waals surface area contributed by atoms with Gasteiger partial charge < -0.3 is 19.3 Å². The lowest BCUT2D eigenvalue weighted by atomic mass is 9.97. The van der Waals surface area contributed by atoms with Crippen LogP contribution in [-0.2, 0) is 24.1 Å². The Morgan fingerprint density at radius 2 is 1.90 bits per heavy atom. The van der Waals surface area contributed by atoms with Crippen molar-refractivity contribution in [1.82, 2.24) is 9.80 Å². The maximum Gasteiger partial charge on any atom is 0.227 e. The monoisotopic (exact) mass is 464 g/mol. The molecule has 0 bridgehead atoms. The minimum atomic E-state index is 0. The van der Waals surface area contributed by atoms with Gasteiger partial charge in [0.15, 0.2) is 11.5 Å². The Morgan fingerprint density at radius 3 is 2.61 bits per heavy atom. The van der Waals surface area contributed by atoms with Crippen LogP contribution in [0.25, 0.3) is 0 Å². The third kappa shape index (κ3) is 5.93. The van der Waals surface area contributed by atoms with Gasteiger partial charge in [0.25, 0.3) is 0 Å². The van der Waals surface area contributed by atoms with E-state index in [4.69, 9.17) is 9.47 Å². The second-order valence-electron chi connectivity index (χ2n) is 8.43. The summed E-state index contributed by atoms with van der Waals surface area (Å²) in [4.78, 5) is 17.7. The van der Waals surface area contributed by atoms with Crippen LogP contribution in [0, 0.1) is 5.92 Å². The number of amides is 1. The van der Waals surface area contributed by atoms with Gasteiger partial charge in [-0.1, -0.05) is 0 Å². The van der Waals surface area contributed by atoms with E-state index in [1.807, 2.05) is 12.1 Å². The molecule has 0 radical (unpaired) electrons. The molecule has 3 heterocycles. The number of halogens is 1. The number of thiophene rings is 1. The maximum atomic E-state index is 13.0. The van der Waals surface area contributed by atoms with E-state index in [9.17, 15) is 4.79 Å². The lowest BCUT2D eigenvalue weighted by Gasteiger charge is -2.35. The molecule has 7 heteroatoms. The highest BCUT2D eigenvalue weighted by molar-refractivity contribution is 7.07. The average molecular weight is 465 g/mol. The third-order valence-electron chi connectivity index (χ3n) is 6.43. The van der Waals surface area contributed by atoms with Gasteiger partial charge in [0.05, 0.1) is 20.6 Å². The zero-order chi connectivity index (χ0) is 20.9. The molecule has 2 aliphatic heterocycles. The van der Waals surface area contributed by atoms with Crippen LogP contribution in [0.2, 0.25) is 0 Å². The number of benzene rings is 1. The Labute approximate surface area is 195 Å². The van der Waals surface area contributed by atoms with Gasteiger partial charge in [0, 0.05) is 26.2 Å². The molecule has 0 aliphatic carbocycles. The molecule has 5 nitrogen and oxygen atoms in total. The summed E-state index contributed by atoms with van der Waals surface area (Å²) in [6.45, 7) is 5.05. The van der Waals surface area contributed by atoms with Crippen LogP contribution in [0.15, 0.2) is 29.0 Å². The predicted octanol–water partition coefficient (Wildman–Crippen LogP) is 4.07. The van der Waals surface area contributed by atoms with Crippen LogP contribution in [0.3, 0.4) is 0 Å². The molecule has 2 aromatic rings. The highest BCUT2D eigenvalue weighted by Crippen LogP contribution is 2.32. The van der Waals surface area contributed by atoms with Crippen molar-refractivity contribution in [1.29, 1.82) is 0 Å². The van der Waals surface area contributed by atoms with Crippen LogP contribution in [0.1, 0.15) is 29.5 Å². The molecule has 1 fully saturated rings. The highest BCUT2D eigenvalue weighted by atomic mass is 35.5. The number of ether oxygens (including phenoxy) is 2. The number of methoxy groups -OCH3 is 2. The summed E-state index contributed by atoms with van der Waals surface area (Å²) < 4.78 is 10.9. The standard InChI is InChI=1S/C24H32N2O3S.ClH/c1-28-22-12-20-6-10-26(24(27)14-21(20)13-23(22)29-2)16-19-4-3-8-25(15-19)9-5-18-7-11-30-17-18;/h7,11-13,17,19H,3-6,8-10,14-16H2,1-2H3;1H. The summed E-state index contributed by atoms with van der Waals surface area (Å²) >= 11 is 1.77. The first-order valence-electron chi connectivity index (χ1n) is 10.9. The molecule has 1 saturated heterocycles. The van der Waals surface area contributed by atoms with Crippen LogP contribution < -0.4 is 9.47 Å². The van der Waals surface area contributed by atoms with Crippen molar-refractivity contribution in [3.8, 4) is 11.5 Å². The summed E-state index contributed by atoms with van der Waals surface area (Å²) in [6, 6.07) is 6.24. The molecule has 2 aliphatic rings. The molecule has 1 aromatic heterocycles. The fourth-order valence-corrected chi connectivity index (χ4v) is 5.45. The number of hydrogen-bond donors (Lipinski definition) is 0. The summed E-state index contributed by atoms with van der Waals surface area (Å²) in [5.41, 5.74) is 3.71. The van der Waals surface area contributed by atoms with Crippen molar-refractivity contribution in [3.05, 3.63) is 45.6 Å². The minimum absolute atomic E-state index is 0. The first-order valence-corrected chi connectivity index (χ1v) is 11.9. The lowest BCUT2D eigenvalue weighted by Crippen LogP contribution is -2.43. The second-order valence-corrected chi connectivity index (χ2v) is 9.21. The van der Waals surface area contributed by atoms with Crippen LogP contribution >= 0.6 is 23.7 Å². The molecule has 0 spiro atoms. The Hall–Kier alpha value is -1.76. The largest absolute Gasteiger partial charge is 0.493 e. The van der Waals surface area contributed by atoms with Gasteiger partial charge in [0.1, 0.15) is 0 Å². The second kappa shape index (κ2) is 11.2. The molecular weight excluding hydrogens is 432 g/mol. The third-order valence-corrected chi connectivity index (χ3v) is 7.16. The van der Waals surface area contributed by atoms with Crippen molar-refractivity contribution in [2.24, 2.45) is 5.92 Å². The van der Waals surface area contributed by atoms with Gasteiger partial charge in [-0.25, -0.2) is 0 Å². The highest BCUT2D eigenvalue weighted by Gasteiger charge is 2.27. The van der Waals surface area contributed by atoms with E-state index in [-0.39, 0.29) is 18.3 Å². The van der Waals surface area contributed by atoms with Crippen molar-refractivity contribution in [2.75, 3.05) is 46.9 Å². The number of likely N-dealkylation sites (tertiary alicyclic amines) is 1. The molecule has 1 unspecified atom stereocenters. The number of rotatable bonds is 7. The van der Waals surface area contributed by atoms with Crippen molar-refractivity contribution >= 4 is 29.7 Å². The molecule has 4 rings (SSSR count). The van der Waals surface area contributed by atoms with E-state index in [1.54, 1.807) is 25.6 Å². The van der Waals surface area contributed by atoms with Gasteiger partial charge >= 0.3 is 0 Å². The van der Waals surface area contributed by atoms with E-state index in [0.717, 1.165) is 50.3 Å². The Bertz CT molecular complexity index is 859. The zero-order valence-electron chi connectivity index (χ0n) is 18.5. The SMILES string of the molecule is COc1cc2c(cc1OC)CC(=O)N(CC1CCCN(CCc3ccsc3)C1)CC2.Cl. The first kappa shape index (κ1) is 23.9. The van der Waals surface area contributed by atoms with Gasteiger partial charge in [-0.3, -0.25) is 4.79 Å². The van der Waals surface area contributed by atoms with Gasteiger partial charge in [0.2, 0.25) is 5.91 Å². The molecule has 1 aromatic carbocycles. The van der Waals surface area contributed by atoms with Gasteiger partial charge in [-0.05, 0) is 83.8 Å². The van der Waals surface area contributed by atoms with Crippen LogP contribution in [0.5, 0.6) is 11.5 Å². The summed E-state index contributed by atoms with van der Waals surface area (Å²) in [5, 5.41) is 4.40. The molecular formula is C24H33ClN2O3S. The Kier molecular flexibility index (Phi) is 8.64. The van der Waals surface area contributed by atoms with Gasteiger partial charge in [-0.2, -0.15) is 11.3 Å². The van der Waals surface area contributed by atoms with Crippen molar-refractivity contribution in [3.63, 3.8) is 0 Å². The topological polar surface area (TPSA) is 42.0 Å². The Morgan fingerprint density at radius 1 is 1.13 bits per heavy atom. The molecule has 1 atom stereocenters.